The van der Waals surface area contributed by atoms with Crippen molar-refractivity contribution < 1.29 is 28.6 Å². The molecule has 0 aromatic heterocycles. The minimum absolute atomic E-state index is 0.0925. The topological polar surface area (TPSA) is 84.9 Å². The number of nitrogens with one attached hydrogen (secondary N) is 1. The molecular weight excluding hydrogens is 461 g/mol. The molecule has 36 heavy (non-hydrogen) atoms. The van der Waals surface area contributed by atoms with Gasteiger partial charge in [-0.25, -0.2) is 4.39 Å². The number of hydrogen-bond acceptors (Lipinski definition) is 4. The number of aliphatic carboxylic acids is 1. The van der Waals surface area contributed by atoms with Gasteiger partial charge in [0, 0.05) is 12.0 Å². The monoisotopic (exact) mass is 493 g/mol. The summed E-state index contributed by atoms with van der Waals surface area (Å²) in [4.78, 5) is 24.7. The van der Waals surface area contributed by atoms with Crippen LogP contribution in [-0.4, -0.2) is 24.1 Å². The highest BCUT2D eigenvalue weighted by Crippen LogP contribution is 2.27. The number of ether oxygens (including phenoxy) is 2. The number of aryl methyl sites for hydroxylation is 1. The minimum Gasteiger partial charge on any atom is -0.493 e. The quantitative estimate of drug-likeness (QED) is 0.326. The maximum Gasteiger partial charge on any atom is 0.303 e. The first kappa shape index (κ1) is 26.7. The van der Waals surface area contributed by atoms with Crippen molar-refractivity contribution in [3.63, 3.8) is 0 Å². The van der Waals surface area contributed by atoms with Crippen molar-refractivity contribution in [1.29, 1.82) is 0 Å². The van der Waals surface area contributed by atoms with Gasteiger partial charge in [0.2, 0.25) is 0 Å². The van der Waals surface area contributed by atoms with Gasteiger partial charge < -0.3 is 19.9 Å². The maximum absolute atomic E-state index is 13.5. The van der Waals surface area contributed by atoms with E-state index in [2.05, 4.69) is 19.2 Å². The van der Waals surface area contributed by atoms with Crippen LogP contribution in [0.25, 0.3) is 0 Å². The van der Waals surface area contributed by atoms with Crippen LogP contribution in [0.5, 0.6) is 11.5 Å². The van der Waals surface area contributed by atoms with E-state index < -0.39 is 5.97 Å². The Hall–Kier alpha value is -3.87. The average Bonchev–Trinajstić information content (AvgIpc) is 2.86. The third-order valence-corrected chi connectivity index (χ3v) is 5.78. The van der Waals surface area contributed by atoms with E-state index in [-0.39, 0.29) is 43.1 Å². The molecule has 190 valence electrons. The molecule has 1 atom stereocenters. The maximum atomic E-state index is 13.5. The van der Waals surface area contributed by atoms with Crippen LogP contribution < -0.4 is 14.8 Å². The Bertz CT molecular complexity index is 1180. The zero-order chi connectivity index (χ0) is 26.1. The fraction of sp³-hybridized carbons (Fsp3) is 0.310. The van der Waals surface area contributed by atoms with Crippen molar-refractivity contribution in [2.75, 3.05) is 7.11 Å². The summed E-state index contributed by atoms with van der Waals surface area (Å²) in [6.07, 6.45) is 0.792. The largest absolute Gasteiger partial charge is 0.493 e. The van der Waals surface area contributed by atoms with E-state index in [9.17, 15) is 19.1 Å². The van der Waals surface area contributed by atoms with Gasteiger partial charge in [0.25, 0.3) is 5.91 Å². The number of methoxy groups -OCH3 is 1. The van der Waals surface area contributed by atoms with Gasteiger partial charge in [-0.2, -0.15) is 0 Å². The number of carboxylic acid groups (broad SMARTS) is 1. The second kappa shape index (κ2) is 12.7. The molecule has 2 N–H and O–H groups in total. The van der Waals surface area contributed by atoms with Crippen molar-refractivity contribution in [1.82, 2.24) is 5.32 Å². The van der Waals surface area contributed by atoms with Crippen molar-refractivity contribution in [2.45, 2.75) is 45.8 Å². The first-order valence-electron chi connectivity index (χ1n) is 11.9. The number of para-hydroxylation sites is 2. The summed E-state index contributed by atoms with van der Waals surface area (Å²) < 4.78 is 24.7. The smallest absolute Gasteiger partial charge is 0.303 e. The van der Waals surface area contributed by atoms with Gasteiger partial charge in [-0.15, -0.1) is 0 Å². The Balaban J connectivity index is 1.86. The van der Waals surface area contributed by atoms with Crippen LogP contribution in [0.2, 0.25) is 0 Å². The van der Waals surface area contributed by atoms with Gasteiger partial charge in [-0.3, -0.25) is 9.59 Å². The van der Waals surface area contributed by atoms with E-state index >= 15 is 0 Å². The predicted octanol–water partition coefficient (Wildman–Crippen LogP) is 5.95. The highest BCUT2D eigenvalue weighted by Gasteiger charge is 2.20. The van der Waals surface area contributed by atoms with E-state index in [1.807, 2.05) is 18.2 Å². The molecule has 0 saturated carbocycles. The van der Waals surface area contributed by atoms with Gasteiger partial charge in [0.05, 0.1) is 13.2 Å². The molecule has 1 unspecified atom stereocenters. The van der Waals surface area contributed by atoms with Gasteiger partial charge >= 0.3 is 5.97 Å². The van der Waals surface area contributed by atoms with Crippen molar-refractivity contribution in [3.8, 4) is 11.5 Å². The minimum atomic E-state index is -0.936. The highest BCUT2D eigenvalue weighted by atomic mass is 19.1. The summed E-state index contributed by atoms with van der Waals surface area (Å²) in [5, 5.41) is 12.2. The van der Waals surface area contributed by atoms with Gasteiger partial charge in [0.1, 0.15) is 12.4 Å². The number of carbonyl (C=O) groups excluding carboxylic acids is 1. The van der Waals surface area contributed by atoms with Gasteiger partial charge in [-0.1, -0.05) is 50.2 Å². The molecule has 0 aliphatic heterocycles. The fourth-order valence-electron chi connectivity index (χ4n) is 3.96. The van der Waals surface area contributed by atoms with Gasteiger partial charge in [0.15, 0.2) is 11.5 Å². The molecule has 7 heteroatoms. The molecule has 0 aliphatic rings. The Morgan fingerprint density at radius 2 is 1.69 bits per heavy atom. The van der Waals surface area contributed by atoms with Crippen LogP contribution >= 0.6 is 0 Å². The van der Waals surface area contributed by atoms with Crippen molar-refractivity contribution in [3.05, 3.63) is 94.8 Å². The molecule has 0 bridgehead atoms. The van der Waals surface area contributed by atoms with Crippen LogP contribution in [-0.2, 0) is 17.8 Å². The van der Waals surface area contributed by atoms with E-state index in [4.69, 9.17) is 9.47 Å². The molecule has 0 saturated heterocycles. The molecule has 0 spiro atoms. The summed E-state index contributed by atoms with van der Waals surface area (Å²) in [5.41, 5.74) is 2.60. The summed E-state index contributed by atoms with van der Waals surface area (Å²) in [5.74, 6) is -0.128. The Kier molecular flexibility index (Phi) is 9.45. The molecule has 1 amide bonds. The molecule has 0 radical (unpaired) electrons. The third kappa shape index (κ3) is 7.57. The molecule has 3 aromatic rings. The van der Waals surface area contributed by atoms with Crippen LogP contribution in [0.15, 0.2) is 66.7 Å². The molecule has 0 aliphatic carbocycles. The standard InChI is InChI=1S/C29H32FNO5/c1-19(2)16-25(22-10-13-23(30)14-11-22)31-29(34)24-17-20(8-9-21(24)12-15-28(32)33)18-36-27-7-5-4-6-26(27)35-3/h4-11,13-14,17,19,25H,12,15-16,18H2,1-3H3,(H,31,34)(H,32,33). The first-order chi connectivity index (χ1) is 17.3. The van der Waals surface area contributed by atoms with Gasteiger partial charge in [-0.05, 0) is 65.8 Å². The molecule has 0 heterocycles. The number of carbonyl (C=O) groups is 2. The lowest BCUT2D eigenvalue weighted by molar-refractivity contribution is -0.136. The van der Waals surface area contributed by atoms with E-state index in [0.29, 0.717) is 29.0 Å². The van der Waals surface area contributed by atoms with Crippen LogP contribution in [0.3, 0.4) is 0 Å². The molecule has 3 aromatic carbocycles. The third-order valence-electron chi connectivity index (χ3n) is 5.78. The molecule has 3 rings (SSSR count). The second-order valence-electron chi connectivity index (χ2n) is 9.03. The number of carboxylic acids is 1. The Labute approximate surface area is 211 Å². The van der Waals surface area contributed by atoms with Crippen LogP contribution in [0, 0.1) is 11.7 Å². The van der Waals surface area contributed by atoms with E-state index in [1.54, 1.807) is 43.5 Å². The number of hydrogen-bond donors (Lipinski definition) is 2. The molecular formula is C29H32FNO5. The van der Waals surface area contributed by atoms with E-state index in [1.165, 1.54) is 12.1 Å². The fourth-order valence-corrected chi connectivity index (χ4v) is 3.96. The normalized spacial score (nSPS) is 11.7. The van der Waals surface area contributed by atoms with Crippen LogP contribution in [0.4, 0.5) is 4.39 Å². The number of halogens is 1. The lowest BCUT2D eigenvalue weighted by atomic mass is 9.95. The average molecular weight is 494 g/mol. The lowest BCUT2D eigenvalue weighted by Crippen LogP contribution is -2.30. The predicted molar refractivity (Wildman–Crippen MR) is 136 cm³/mol. The van der Waals surface area contributed by atoms with E-state index in [0.717, 1.165) is 11.1 Å². The van der Waals surface area contributed by atoms with Crippen molar-refractivity contribution in [2.24, 2.45) is 5.92 Å². The zero-order valence-electron chi connectivity index (χ0n) is 20.8. The lowest BCUT2D eigenvalue weighted by Gasteiger charge is -2.22. The number of rotatable bonds is 12. The SMILES string of the molecule is COc1ccccc1OCc1ccc(CCC(=O)O)c(C(=O)NC(CC(C)C)c2ccc(F)cc2)c1. The molecule has 6 nitrogen and oxygen atoms in total. The number of amides is 1. The summed E-state index contributed by atoms with van der Waals surface area (Å²) in [7, 11) is 1.57. The summed E-state index contributed by atoms with van der Waals surface area (Å²) in [6, 6.07) is 18.4. The van der Waals surface area contributed by atoms with Crippen molar-refractivity contribution >= 4 is 11.9 Å². The van der Waals surface area contributed by atoms with Crippen LogP contribution in [0.1, 0.15) is 59.8 Å². The zero-order valence-corrected chi connectivity index (χ0v) is 20.8. The first-order valence-corrected chi connectivity index (χ1v) is 11.9. The second-order valence-corrected chi connectivity index (χ2v) is 9.03. The number of benzene rings is 3. The molecule has 0 fully saturated rings. The summed E-state index contributed by atoms with van der Waals surface area (Å²) >= 11 is 0. The Morgan fingerprint density at radius 3 is 2.33 bits per heavy atom. The highest BCUT2D eigenvalue weighted by molar-refractivity contribution is 5.96. The summed E-state index contributed by atoms with van der Waals surface area (Å²) in [6.45, 7) is 4.31. The Morgan fingerprint density at radius 1 is 1.00 bits per heavy atom.